The number of ether oxygens (including phenoxy) is 1. The molecule has 2 N–H and O–H groups in total. The summed E-state index contributed by atoms with van der Waals surface area (Å²) in [5.74, 6) is -2.44. The highest BCUT2D eigenvalue weighted by atomic mass is 35.5. The number of fused-ring (bicyclic) bond motifs is 1. The molecule has 1 aromatic heterocycles. The number of rotatable bonds is 4. The Labute approximate surface area is 174 Å². The van der Waals surface area contributed by atoms with E-state index in [1.54, 1.807) is 18.2 Å². The van der Waals surface area contributed by atoms with Crippen LogP contribution in [0.2, 0.25) is 10.0 Å². The molecule has 0 aliphatic heterocycles. The summed E-state index contributed by atoms with van der Waals surface area (Å²) in [6.45, 7) is 0. The van der Waals surface area contributed by atoms with Crippen molar-refractivity contribution in [3.8, 4) is 0 Å². The van der Waals surface area contributed by atoms with Gasteiger partial charge in [0.2, 0.25) is 0 Å². The van der Waals surface area contributed by atoms with Crippen LogP contribution in [0.15, 0.2) is 23.3 Å². The van der Waals surface area contributed by atoms with Crippen molar-refractivity contribution in [1.82, 2.24) is 5.43 Å². The number of aryl methyl sites for hydroxylation is 1. The fourth-order valence-corrected chi connectivity index (χ4v) is 4.36. The van der Waals surface area contributed by atoms with Crippen molar-refractivity contribution in [1.29, 1.82) is 0 Å². The Morgan fingerprint density at radius 1 is 1.18 bits per heavy atom. The van der Waals surface area contributed by atoms with Gasteiger partial charge in [0, 0.05) is 4.88 Å². The van der Waals surface area contributed by atoms with E-state index in [0.29, 0.717) is 26.2 Å². The zero-order chi connectivity index (χ0) is 20.3. The first-order valence-electron chi connectivity index (χ1n) is 8.23. The maximum absolute atomic E-state index is 12.2. The molecule has 0 fully saturated rings. The van der Waals surface area contributed by atoms with E-state index in [9.17, 15) is 14.4 Å². The van der Waals surface area contributed by atoms with E-state index in [1.165, 1.54) is 24.7 Å². The highest BCUT2D eigenvalue weighted by Crippen LogP contribution is 2.39. The minimum absolute atomic E-state index is 0.310. The highest BCUT2D eigenvalue weighted by Gasteiger charge is 2.29. The van der Waals surface area contributed by atoms with E-state index >= 15 is 0 Å². The second-order valence-corrected chi connectivity index (χ2v) is 7.80. The minimum Gasteiger partial charge on any atom is -0.465 e. The molecular formula is C18H15Cl2N3O4S. The first-order chi connectivity index (χ1) is 13.4. The molecule has 10 heteroatoms. The fourth-order valence-electron chi connectivity index (χ4n) is 2.78. The lowest BCUT2D eigenvalue weighted by Crippen LogP contribution is -2.32. The molecule has 0 bridgehead atoms. The van der Waals surface area contributed by atoms with Gasteiger partial charge in [0.25, 0.3) is 0 Å². The van der Waals surface area contributed by atoms with Gasteiger partial charge in [0.05, 0.1) is 28.9 Å². The number of hydrogen-bond donors (Lipinski definition) is 2. The van der Waals surface area contributed by atoms with E-state index in [4.69, 9.17) is 27.9 Å². The highest BCUT2D eigenvalue weighted by molar-refractivity contribution is 7.17. The monoisotopic (exact) mass is 439 g/mol. The van der Waals surface area contributed by atoms with Crippen molar-refractivity contribution in [2.24, 2.45) is 5.10 Å². The Morgan fingerprint density at radius 3 is 2.68 bits per heavy atom. The Morgan fingerprint density at radius 2 is 1.96 bits per heavy atom. The molecule has 0 saturated heterocycles. The summed E-state index contributed by atoms with van der Waals surface area (Å²) < 4.78 is 4.81. The van der Waals surface area contributed by atoms with Crippen LogP contribution in [0.1, 0.15) is 32.8 Å². The van der Waals surface area contributed by atoms with Gasteiger partial charge in [0.1, 0.15) is 5.00 Å². The zero-order valence-electron chi connectivity index (χ0n) is 14.7. The van der Waals surface area contributed by atoms with Crippen LogP contribution in [-0.2, 0) is 27.2 Å². The summed E-state index contributed by atoms with van der Waals surface area (Å²) in [7, 11) is 1.28. The molecule has 0 saturated carbocycles. The van der Waals surface area contributed by atoms with E-state index in [-0.39, 0.29) is 0 Å². The number of thiophene rings is 1. The number of hydrazone groups is 1. The van der Waals surface area contributed by atoms with Crippen LogP contribution >= 0.6 is 34.5 Å². The standard InChI is InChI=1S/C18H15Cl2N3O4S/c1-27-18(26)14-10-3-2-4-13(10)28-17(14)22-15(24)16(25)23-21-8-9-5-6-11(19)12(20)7-9/h5-8H,2-4H2,1H3,(H,22,24)(H,23,25)/b21-8-. The average Bonchev–Trinajstić information content (AvgIpc) is 3.24. The number of amides is 2. The summed E-state index contributed by atoms with van der Waals surface area (Å²) in [5.41, 5.74) is 3.92. The molecule has 0 radical (unpaired) electrons. The fraction of sp³-hybridized carbons (Fsp3) is 0.222. The van der Waals surface area contributed by atoms with Gasteiger partial charge in [-0.3, -0.25) is 9.59 Å². The molecule has 146 valence electrons. The predicted molar refractivity (Wildman–Crippen MR) is 109 cm³/mol. The van der Waals surface area contributed by atoms with Gasteiger partial charge >= 0.3 is 17.8 Å². The maximum Gasteiger partial charge on any atom is 0.341 e. The third-order valence-electron chi connectivity index (χ3n) is 4.07. The van der Waals surface area contributed by atoms with E-state index < -0.39 is 17.8 Å². The molecule has 0 spiro atoms. The molecule has 0 unspecified atom stereocenters. The largest absolute Gasteiger partial charge is 0.465 e. The Balaban J connectivity index is 1.66. The molecule has 1 aliphatic carbocycles. The number of hydrogen-bond acceptors (Lipinski definition) is 6. The number of esters is 1. The number of benzene rings is 1. The van der Waals surface area contributed by atoms with Crippen molar-refractivity contribution >= 4 is 63.5 Å². The first kappa shape index (κ1) is 20.3. The van der Waals surface area contributed by atoms with E-state index in [0.717, 1.165) is 29.7 Å². The summed E-state index contributed by atoms with van der Waals surface area (Å²) in [5, 5.41) is 7.25. The molecule has 0 atom stereocenters. The number of carbonyl (C=O) groups is 3. The lowest BCUT2D eigenvalue weighted by molar-refractivity contribution is -0.136. The van der Waals surface area contributed by atoms with Gasteiger partial charge in [-0.1, -0.05) is 29.3 Å². The van der Waals surface area contributed by atoms with Crippen molar-refractivity contribution in [2.75, 3.05) is 12.4 Å². The second kappa shape index (κ2) is 8.72. The Hall–Kier alpha value is -2.42. The van der Waals surface area contributed by atoms with Crippen molar-refractivity contribution < 1.29 is 19.1 Å². The molecule has 2 amide bonds. The average molecular weight is 440 g/mol. The number of anilines is 1. The van der Waals surface area contributed by atoms with Gasteiger partial charge in [0.15, 0.2) is 0 Å². The third kappa shape index (κ3) is 4.35. The lowest BCUT2D eigenvalue weighted by atomic mass is 10.1. The Kier molecular flexibility index (Phi) is 6.33. The van der Waals surface area contributed by atoms with Crippen LogP contribution in [-0.4, -0.2) is 31.1 Å². The molecule has 7 nitrogen and oxygen atoms in total. The van der Waals surface area contributed by atoms with Crippen molar-refractivity contribution in [2.45, 2.75) is 19.3 Å². The molecule has 1 aliphatic rings. The van der Waals surface area contributed by atoms with Crippen LogP contribution < -0.4 is 10.7 Å². The summed E-state index contributed by atoms with van der Waals surface area (Å²) in [6.07, 6.45) is 3.85. The van der Waals surface area contributed by atoms with Crippen molar-refractivity contribution in [3.63, 3.8) is 0 Å². The first-order valence-corrected chi connectivity index (χ1v) is 9.80. The number of nitrogens with one attached hydrogen (secondary N) is 2. The van der Waals surface area contributed by atoms with Crippen LogP contribution in [0.4, 0.5) is 5.00 Å². The Bertz CT molecular complexity index is 987. The molecular weight excluding hydrogens is 425 g/mol. The van der Waals surface area contributed by atoms with E-state index in [1.807, 2.05) is 0 Å². The number of nitrogens with zero attached hydrogens (tertiary/aromatic N) is 1. The summed E-state index contributed by atoms with van der Waals surface area (Å²) in [6, 6.07) is 4.80. The SMILES string of the molecule is COC(=O)c1c(NC(=O)C(=O)N/N=C\c2ccc(Cl)c(Cl)c2)sc2c1CCC2. The van der Waals surface area contributed by atoms with Gasteiger partial charge in [-0.2, -0.15) is 5.10 Å². The minimum atomic E-state index is -0.972. The topological polar surface area (TPSA) is 96.9 Å². The van der Waals surface area contributed by atoms with Gasteiger partial charge < -0.3 is 10.1 Å². The van der Waals surface area contributed by atoms with Gasteiger partial charge in [-0.25, -0.2) is 10.2 Å². The summed E-state index contributed by atoms with van der Waals surface area (Å²) >= 11 is 13.0. The number of carbonyl (C=O) groups excluding carboxylic acids is 3. The molecule has 1 aromatic carbocycles. The number of halogens is 2. The third-order valence-corrected chi connectivity index (χ3v) is 6.01. The normalized spacial score (nSPS) is 12.7. The van der Waals surface area contributed by atoms with Crippen LogP contribution in [0.25, 0.3) is 0 Å². The number of methoxy groups -OCH3 is 1. The second-order valence-electron chi connectivity index (χ2n) is 5.88. The quantitative estimate of drug-likeness (QED) is 0.330. The van der Waals surface area contributed by atoms with Crippen LogP contribution in [0.5, 0.6) is 0 Å². The molecule has 1 heterocycles. The van der Waals surface area contributed by atoms with Gasteiger partial charge in [-0.15, -0.1) is 11.3 Å². The molecule has 28 heavy (non-hydrogen) atoms. The predicted octanol–water partition coefficient (Wildman–Crippen LogP) is 3.42. The maximum atomic E-state index is 12.2. The van der Waals surface area contributed by atoms with Crippen LogP contribution in [0.3, 0.4) is 0 Å². The smallest absolute Gasteiger partial charge is 0.341 e. The van der Waals surface area contributed by atoms with E-state index in [2.05, 4.69) is 15.8 Å². The van der Waals surface area contributed by atoms with Crippen LogP contribution in [0, 0.1) is 0 Å². The summed E-state index contributed by atoms with van der Waals surface area (Å²) in [4.78, 5) is 37.2. The molecule has 2 aromatic rings. The zero-order valence-corrected chi connectivity index (χ0v) is 17.0. The van der Waals surface area contributed by atoms with Gasteiger partial charge in [-0.05, 0) is 42.5 Å². The van der Waals surface area contributed by atoms with Crippen molar-refractivity contribution in [3.05, 3.63) is 49.8 Å². The lowest BCUT2D eigenvalue weighted by Gasteiger charge is -2.06. The molecule has 3 rings (SSSR count).